The molecule has 0 aliphatic carbocycles. The van der Waals surface area contributed by atoms with Gasteiger partial charge in [0.2, 0.25) is 5.78 Å². The number of para-hydroxylation sites is 2. The van der Waals surface area contributed by atoms with E-state index in [0.717, 1.165) is 9.87 Å². The van der Waals surface area contributed by atoms with Gasteiger partial charge in [-0.2, -0.15) is 0 Å². The monoisotopic (exact) mass is 467 g/mol. The first-order chi connectivity index (χ1) is 15.6. The Labute approximate surface area is 193 Å². The van der Waals surface area contributed by atoms with Crippen LogP contribution in [0.1, 0.15) is 33.2 Å². The molecule has 0 fully saturated rings. The summed E-state index contributed by atoms with van der Waals surface area (Å²) in [7, 11) is -1.01. The van der Waals surface area contributed by atoms with Crippen molar-refractivity contribution in [2.45, 2.75) is 24.8 Å². The highest BCUT2D eigenvalue weighted by Gasteiger charge is 2.25. The Balaban J connectivity index is 1.74. The molecule has 0 heterocycles. The third kappa shape index (κ3) is 5.23. The van der Waals surface area contributed by atoms with Crippen LogP contribution >= 0.6 is 0 Å². The van der Waals surface area contributed by atoms with Crippen LogP contribution in [-0.4, -0.2) is 40.4 Å². The number of Topliss-reactive ketones (excluding diaryl/α,β-unsaturated/α-hetero) is 1. The second-order valence-electron chi connectivity index (χ2n) is 7.45. The smallest absolute Gasteiger partial charge is 0.338 e. The van der Waals surface area contributed by atoms with Crippen molar-refractivity contribution in [1.82, 2.24) is 0 Å². The molecular weight excluding hydrogens is 442 g/mol. The lowest BCUT2D eigenvalue weighted by Gasteiger charge is -2.21. The van der Waals surface area contributed by atoms with Gasteiger partial charge in [0, 0.05) is 12.6 Å². The predicted molar refractivity (Wildman–Crippen MR) is 125 cm³/mol. The molecule has 1 unspecified atom stereocenters. The molecular formula is C25H25NO6S. The molecule has 0 saturated heterocycles. The Morgan fingerprint density at radius 1 is 0.879 bits per heavy atom. The number of nitrogens with zero attached hydrogens (tertiary/aromatic N) is 1. The van der Waals surface area contributed by atoms with Gasteiger partial charge in [0.1, 0.15) is 5.75 Å². The molecule has 0 aliphatic rings. The maximum atomic E-state index is 13.0. The number of ketones is 1. The predicted octanol–water partition coefficient (Wildman–Crippen LogP) is 4.26. The van der Waals surface area contributed by atoms with Gasteiger partial charge in [-0.05, 0) is 50.2 Å². The standard InChI is InChI=1S/C25H25NO6S/c1-17-9-11-19(12-10-17)24(27)18(2)32-25(28)20-13-15-21(16-14-20)33(29,30)26(3)22-7-5-6-8-23(22)31-4/h5-16,18H,1-4H3. The summed E-state index contributed by atoms with van der Waals surface area (Å²) >= 11 is 0. The Hall–Kier alpha value is -3.65. The fourth-order valence-corrected chi connectivity index (χ4v) is 4.38. The number of hydrogen-bond donors (Lipinski definition) is 0. The molecule has 0 bridgehead atoms. The second kappa shape index (κ2) is 9.87. The van der Waals surface area contributed by atoms with Gasteiger partial charge in [-0.15, -0.1) is 0 Å². The van der Waals surface area contributed by atoms with Crippen LogP contribution < -0.4 is 9.04 Å². The number of methoxy groups -OCH3 is 1. The van der Waals surface area contributed by atoms with E-state index in [4.69, 9.17) is 9.47 Å². The van der Waals surface area contributed by atoms with Gasteiger partial charge in [-0.3, -0.25) is 9.10 Å². The Morgan fingerprint density at radius 3 is 2.06 bits per heavy atom. The van der Waals surface area contributed by atoms with Crippen molar-refractivity contribution in [1.29, 1.82) is 0 Å². The third-order valence-corrected chi connectivity index (χ3v) is 6.95. The fraction of sp³-hybridized carbons (Fsp3) is 0.200. The zero-order chi connectivity index (χ0) is 24.2. The normalized spacial score (nSPS) is 12.0. The number of hydrogen-bond acceptors (Lipinski definition) is 6. The maximum absolute atomic E-state index is 13.0. The number of esters is 1. The van der Waals surface area contributed by atoms with Crippen LogP contribution in [0.5, 0.6) is 5.75 Å². The van der Waals surface area contributed by atoms with Crippen molar-refractivity contribution in [2.75, 3.05) is 18.5 Å². The molecule has 0 saturated carbocycles. The van der Waals surface area contributed by atoms with Gasteiger partial charge in [0.15, 0.2) is 6.10 Å². The lowest BCUT2D eigenvalue weighted by molar-refractivity contribution is 0.0318. The van der Waals surface area contributed by atoms with Crippen LogP contribution in [0, 0.1) is 6.92 Å². The van der Waals surface area contributed by atoms with Crippen molar-refractivity contribution in [3.05, 3.63) is 89.5 Å². The molecule has 3 aromatic rings. The van der Waals surface area contributed by atoms with Crippen LogP contribution in [0.25, 0.3) is 0 Å². The second-order valence-corrected chi connectivity index (χ2v) is 9.42. The van der Waals surface area contributed by atoms with Crippen molar-refractivity contribution in [2.24, 2.45) is 0 Å². The lowest BCUT2D eigenvalue weighted by atomic mass is 10.1. The number of rotatable bonds is 8. The van der Waals surface area contributed by atoms with Crippen molar-refractivity contribution in [3.8, 4) is 5.75 Å². The molecule has 172 valence electrons. The zero-order valence-electron chi connectivity index (χ0n) is 18.8. The van der Waals surface area contributed by atoms with Crippen molar-refractivity contribution >= 4 is 27.5 Å². The van der Waals surface area contributed by atoms with E-state index in [1.54, 1.807) is 36.4 Å². The van der Waals surface area contributed by atoms with E-state index < -0.39 is 22.1 Å². The average molecular weight is 468 g/mol. The molecule has 33 heavy (non-hydrogen) atoms. The van der Waals surface area contributed by atoms with E-state index in [1.165, 1.54) is 45.3 Å². The van der Waals surface area contributed by atoms with Crippen LogP contribution in [0.15, 0.2) is 77.7 Å². The van der Waals surface area contributed by atoms with Crippen molar-refractivity contribution < 1.29 is 27.5 Å². The minimum atomic E-state index is -3.90. The summed E-state index contributed by atoms with van der Waals surface area (Å²) in [5.74, 6) is -0.623. The summed E-state index contributed by atoms with van der Waals surface area (Å²) in [6.45, 7) is 3.41. The fourth-order valence-electron chi connectivity index (χ4n) is 3.18. The molecule has 3 rings (SSSR count). The molecule has 0 spiro atoms. The summed E-state index contributed by atoms with van der Waals surface area (Å²) in [4.78, 5) is 25.0. The first kappa shape index (κ1) is 24.0. The quantitative estimate of drug-likeness (QED) is 0.363. The Bertz CT molecular complexity index is 1250. The van der Waals surface area contributed by atoms with Crippen LogP contribution in [0.3, 0.4) is 0 Å². The minimum absolute atomic E-state index is 0.00348. The minimum Gasteiger partial charge on any atom is -0.495 e. The molecule has 0 aliphatic heterocycles. The van der Waals surface area contributed by atoms with Gasteiger partial charge in [0.25, 0.3) is 10.0 Å². The summed E-state index contributed by atoms with van der Waals surface area (Å²) in [6.07, 6.45) is -0.986. The molecule has 3 aromatic carbocycles. The van der Waals surface area contributed by atoms with E-state index in [-0.39, 0.29) is 16.2 Å². The molecule has 1 atom stereocenters. The molecule has 0 N–H and O–H groups in total. The summed E-state index contributed by atoms with van der Waals surface area (Å²) in [5.41, 5.74) is 1.98. The van der Waals surface area contributed by atoms with E-state index in [0.29, 0.717) is 17.0 Å². The van der Waals surface area contributed by atoms with E-state index in [2.05, 4.69) is 0 Å². The number of benzene rings is 3. The number of carbonyl (C=O) groups excluding carboxylic acids is 2. The van der Waals surface area contributed by atoms with Gasteiger partial charge in [0.05, 0.1) is 23.3 Å². The first-order valence-corrected chi connectivity index (χ1v) is 11.6. The molecule has 0 radical (unpaired) electrons. The van der Waals surface area contributed by atoms with Gasteiger partial charge in [-0.25, -0.2) is 13.2 Å². The van der Waals surface area contributed by atoms with Crippen LogP contribution in [-0.2, 0) is 14.8 Å². The van der Waals surface area contributed by atoms with Gasteiger partial charge >= 0.3 is 5.97 Å². The number of anilines is 1. The largest absolute Gasteiger partial charge is 0.495 e. The van der Waals surface area contributed by atoms with E-state index in [9.17, 15) is 18.0 Å². The summed E-state index contributed by atoms with van der Waals surface area (Å²) in [5, 5.41) is 0. The first-order valence-electron chi connectivity index (χ1n) is 10.2. The zero-order valence-corrected chi connectivity index (χ0v) is 19.6. The van der Waals surface area contributed by atoms with Gasteiger partial charge < -0.3 is 9.47 Å². The van der Waals surface area contributed by atoms with E-state index >= 15 is 0 Å². The molecule has 0 aromatic heterocycles. The number of carbonyl (C=O) groups is 2. The molecule has 7 nitrogen and oxygen atoms in total. The Kier molecular flexibility index (Phi) is 7.18. The molecule has 0 amide bonds. The lowest BCUT2D eigenvalue weighted by Crippen LogP contribution is -2.27. The number of sulfonamides is 1. The highest BCUT2D eigenvalue weighted by molar-refractivity contribution is 7.92. The highest BCUT2D eigenvalue weighted by Crippen LogP contribution is 2.30. The topological polar surface area (TPSA) is 90.0 Å². The van der Waals surface area contributed by atoms with Gasteiger partial charge in [-0.1, -0.05) is 42.0 Å². The van der Waals surface area contributed by atoms with Crippen molar-refractivity contribution in [3.63, 3.8) is 0 Å². The third-order valence-electron chi connectivity index (χ3n) is 5.16. The summed E-state index contributed by atoms with van der Waals surface area (Å²) < 4.78 is 37.7. The van der Waals surface area contributed by atoms with Crippen LogP contribution in [0.4, 0.5) is 5.69 Å². The Morgan fingerprint density at radius 2 is 1.45 bits per heavy atom. The number of ether oxygens (including phenoxy) is 2. The van der Waals surface area contributed by atoms with E-state index in [1.807, 2.05) is 19.1 Å². The molecule has 8 heteroatoms. The summed E-state index contributed by atoms with van der Waals surface area (Å²) in [6, 6.07) is 19.1. The number of aryl methyl sites for hydroxylation is 1. The average Bonchev–Trinajstić information content (AvgIpc) is 2.83. The highest BCUT2D eigenvalue weighted by atomic mass is 32.2. The van der Waals surface area contributed by atoms with Crippen LogP contribution in [0.2, 0.25) is 0 Å². The SMILES string of the molecule is COc1ccccc1N(C)S(=O)(=O)c1ccc(C(=O)OC(C)C(=O)c2ccc(C)cc2)cc1. The maximum Gasteiger partial charge on any atom is 0.338 e.